The van der Waals surface area contributed by atoms with Gasteiger partial charge in [-0.3, -0.25) is 0 Å². The summed E-state index contributed by atoms with van der Waals surface area (Å²) in [4.78, 5) is 5.63. The van der Waals surface area contributed by atoms with Gasteiger partial charge in [0.25, 0.3) is 0 Å². The SMILES string of the molecule is Cc1[nH]c2ccccc2c1N(C)CC1(C#N)CC1. The highest BCUT2D eigenvalue weighted by molar-refractivity contribution is 5.94. The number of nitrogens with zero attached hydrogens (tertiary/aromatic N) is 2. The molecule has 3 nitrogen and oxygen atoms in total. The molecular formula is C15H17N3. The molecule has 0 spiro atoms. The first-order chi connectivity index (χ1) is 8.65. The second-order valence-electron chi connectivity index (χ2n) is 5.39. The van der Waals surface area contributed by atoms with Crippen LogP contribution < -0.4 is 4.90 Å². The van der Waals surface area contributed by atoms with Gasteiger partial charge in [-0.2, -0.15) is 5.26 Å². The smallest absolute Gasteiger partial charge is 0.0749 e. The highest BCUT2D eigenvalue weighted by atomic mass is 15.1. The zero-order chi connectivity index (χ0) is 12.8. The lowest BCUT2D eigenvalue weighted by atomic mass is 10.1. The standard InChI is InChI=1S/C15H17N3/c1-11-14(12-5-3-4-6-13(12)17-11)18(2)10-15(9-16)7-8-15/h3-6,17H,7-8,10H2,1-2H3. The molecule has 92 valence electrons. The number of aromatic nitrogens is 1. The maximum Gasteiger partial charge on any atom is 0.0749 e. The molecule has 0 aliphatic heterocycles. The molecular weight excluding hydrogens is 222 g/mol. The fourth-order valence-corrected chi connectivity index (χ4v) is 2.74. The van der Waals surface area contributed by atoms with Crippen molar-refractivity contribution < 1.29 is 0 Å². The molecule has 3 heteroatoms. The van der Waals surface area contributed by atoms with Crippen LogP contribution >= 0.6 is 0 Å². The topological polar surface area (TPSA) is 42.8 Å². The highest BCUT2D eigenvalue weighted by Gasteiger charge is 2.44. The summed E-state index contributed by atoms with van der Waals surface area (Å²) < 4.78 is 0. The van der Waals surface area contributed by atoms with Crippen molar-refractivity contribution in [1.82, 2.24) is 4.98 Å². The van der Waals surface area contributed by atoms with Gasteiger partial charge in [-0.15, -0.1) is 0 Å². The molecule has 0 radical (unpaired) electrons. The second-order valence-corrected chi connectivity index (χ2v) is 5.39. The van der Waals surface area contributed by atoms with E-state index in [1.165, 1.54) is 22.3 Å². The van der Waals surface area contributed by atoms with Crippen LogP contribution in [-0.4, -0.2) is 18.6 Å². The van der Waals surface area contributed by atoms with Crippen LogP contribution in [0.15, 0.2) is 24.3 Å². The third-order valence-corrected chi connectivity index (χ3v) is 3.87. The molecule has 1 saturated carbocycles. The van der Waals surface area contributed by atoms with Crippen LogP contribution in [0.4, 0.5) is 5.69 Å². The molecule has 18 heavy (non-hydrogen) atoms. The van der Waals surface area contributed by atoms with Gasteiger partial charge in [0.1, 0.15) is 0 Å². The lowest BCUT2D eigenvalue weighted by molar-refractivity contribution is 0.653. The monoisotopic (exact) mass is 239 g/mol. The van der Waals surface area contributed by atoms with Gasteiger partial charge in [0.15, 0.2) is 0 Å². The van der Waals surface area contributed by atoms with Crippen LogP contribution in [0, 0.1) is 23.7 Å². The van der Waals surface area contributed by atoms with Crippen molar-refractivity contribution in [1.29, 1.82) is 5.26 Å². The Morgan fingerprint density at radius 2 is 2.11 bits per heavy atom. The fourth-order valence-electron chi connectivity index (χ4n) is 2.74. The van der Waals surface area contributed by atoms with Gasteiger partial charge < -0.3 is 9.88 Å². The number of para-hydroxylation sites is 1. The van der Waals surface area contributed by atoms with Crippen molar-refractivity contribution in [2.24, 2.45) is 5.41 Å². The number of aromatic amines is 1. The number of hydrogen-bond acceptors (Lipinski definition) is 2. The molecule has 0 atom stereocenters. The summed E-state index contributed by atoms with van der Waals surface area (Å²) in [5.74, 6) is 0. The van der Waals surface area contributed by atoms with Crippen LogP contribution in [0.25, 0.3) is 10.9 Å². The molecule has 1 N–H and O–H groups in total. The summed E-state index contributed by atoms with van der Waals surface area (Å²) in [6, 6.07) is 10.8. The third kappa shape index (κ3) is 1.65. The largest absolute Gasteiger partial charge is 0.371 e. The average Bonchev–Trinajstić information content (AvgIpc) is 3.03. The van der Waals surface area contributed by atoms with Gasteiger partial charge >= 0.3 is 0 Å². The number of rotatable bonds is 3. The van der Waals surface area contributed by atoms with Gasteiger partial charge in [0, 0.05) is 30.2 Å². The van der Waals surface area contributed by atoms with Crippen LogP contribution in [0.3, 0.4) is 0 Å². The summed E-state index contributed by atoms with van der Waals surface area (Å²) in [5.41, 5.74) is 3.47. The van der Waals surface area contributed by atoms with Gasteiger partial charge in [-0.05, 0) is 25.8 Å². The Bertz CT molecular complexity index is 629. The predicted octanol–water partition coefficient (Wildman–Crippen LogP) is 3.22. The Hall–Kier alpha value is -1.95. The lowest BCUT2D eigenvalue weighted by Crippen LogP contribution is -2.26. The molecule has 1 aromatic carbocycles. The van der Waals surface area contributed by atoms with E-state index in [0.717, 1.165) is 19.4 Å². The van der Waals surface area contributed by atoms with E-state index < -0.39 is 0 Å². The van der Waals surface area contributed by atoms with E-state index in [2.05, 4.69) is 48.1 Å². The van der Waals surface area contributed by atoms with Crippen molar-refractivity contribution in [2.75, 3.05) is 18.5 Å². The molecule has 0 unspecified atom stereocenters. The molecule has 2 aromatic rings. The molecule has 1 aliphatic rings. The van der Waals surface area contributed by atoms with E-state index >= 15 is 0 Å². The van der Waals surface area contributed by atoms with Crippen molar-refractivity contribution in [3.05, 3.63) is 30.0 Å². The Labute approximate surface area is 107 Å². The van der Waals surface area contributed by atoms with Crippen molar-refractivity contribution in [2.45, 2.75) is 19.8 Å². The maximum absolute atomic E-state index is 9.20. The fraction of sp³-hybridized carbons (Fsp3) is 0.400. The Morgan fingerprint density at radius 3 is 2.78 bits per heavy atom. The minimum atomic E-state index is -0.0977. The number of fused-ring (bicyclic) bond motifs is 1. The first-order valence-corrected chi connectivity index (χ1v) is 6.35. The van der Waals surface area contributed by atoms with Gasteiger partial charge in [-0.25, -0.2) is 0 Å². The number of hydrogen-bond donors (Lipinski definition) is 1. The van der Waals surface area contributed by atoms with Crippen LogP contribution in [-0.2, 0) is 0 Å². The lowest BCUT2D eigenvalue weighted by Gasteiger charge is -2.22. The summed E-state index contributed by atoms with van der Waals surface area (Å²) in [6.07, 6.45) is 2.07. The van der Waals surface area contributed by atoms with Gasteiger partial charge in [0.05, 0.1) is 17.2 Å². The first kappa shape index (κ1) is 11.2. The maximum atomic E-state index is 9.20. The molecule has 0 amide bonds. The van der Waals surface area contributed by atoms with Crippen LogP contribution in [0.1, 0.15) is 18.5 Å². The van der Waals surface area contributed by atoms with Crippen molar-refractivity contribution in [3.8, 4) is 6.07 Å². The Balaban J connectivity index is 1.99. The van der Waals surface area contributed by atoms with E-state index in [-0.39, 0.29) is 5.41 Å². The minimum absolute atomic E-state index is 0.0977. The van der Waals surface area contributed by atoms with E-state index in [1.807, 2.05) is 6.07 Å². The molecule has 1 aromatic heterocycles. The van der Waals surface area contributed by atoms with Gasteiger partial charge in [0.2, 0.25) is 0 Å². The summed E-state index contributed by atoms with van der Waals surface area (Å²) >= 11 is 0. The quantitative estimate of drug-likeness (QED) is 0.893. The molecule has 0 bridgehead atoms. The normalized spacial score (nSPS) is 16.5. The third-order valence-electron chi connectivity index (χ3n) is 3.87. The van der Waals surface area contributed by atoms with E-state index in [9.17, 15) is 5.26 Å². The van der Waals surface area contributed by atoms with Crippen LogP contribution in [0.5, 0.6) is 0 Å². The highest BCUT2D eigenvalue weighted by Crippen LogP contribution is 2.46. The number of nitriles is 1. The minimum Gasteiger partial charge on any atom is -0.371 e. The van der Waals surface area contributed by atoms with E-state index in [0.29, 0.717) is 0 Å². The molecule has 1 fully saturated rings. The Morgan fingerprint density at radius 1 is 1.39 bits per heavy atom. The van der Waals surface area contributed by atoms with Crippen molar-refractivity contribution >= 4 is 16.6 Å². The summed E-state index contributed by atoms with van der Waals surface area (Å²) in [7, 11) is 2.08. The summed E-state index contributed by atoms with van der Waals surface area (Å²) in [6.45, 7) is 2.92. The predicted molar refractivity (Wildman–Crippen MR) is 73.6 cm³/mol. The summed E-state index contributed by atoms with van der Waals surface area (Å²) in [5, 5.41) is 10.4. The number of benzene rings is 1. The zero-order valence-corrected chi connectivity index (χ0v) is 10.8. The number of anilines is 1. The van der Waals surface area contributed by atoms with E-state index in [4.69, 9.17) is 0 Å². The number of nitrogens with one attached hydrogen (secondary N) is 1. The molecule has 1 heterocycles. The average molecular weight is 239 g/mol. The van der Waals surface area contributed by atoms with Gasteiger partial charge in [-0.1, -0.05) is 18.2 Å². The molecule has 0 saturated heterocycles. The Kier molecular flexibility index (Phi) is 2.34. The second kappa shape index (κ2) is 3.78. The van der Waals surface area contributed by atoms with Crippen LogP contribution in [0.2, 0.25) is 0 Å². The molecule has 1 aliphatic carbocycles. The number of H-pyrrole nitrogens is 1. The zero-order valence-electron chi connectivity index (χ0n) is 10.8. The van der Waals surface area contributed by atoms with Crippen molar-refractivity contribution in [3.63, 3.8) is 0 Å². The first-order valence-electron chi connectivity index (χ1n) is 6.35. The number of aryl methyl sites for hydroxylation is 1. The van der Waals surface area contributed by atoms with E-state index in [1.54, 1.807) is 0 Å². The molecule has 3 rings (SSSR count).